The van der Waals surface area contributed by atoms with Gasteiger partial charge in [-0.25, -0.2) is 0 Å². The van der Waals surface area contributed by atoms with Gasteiger partial charge in [-0.15, -0.1) is 0 Å². The van der Waals surface area contributed by atoms with Crippen LogP contribution in [0.1, 0.15) is 67.2 Å². The molecule has 5 atom stereocenters. The topological polar surface area (TPSA) is 20.2 Å². The van der Waals surface area contributed by atoms with Crippen LogP contribution in [-0.4, -0.2) is 5.11 Å². The van der Waals surface area contributed by atoms with E-state index in [2.05, 4.69) is 67.6 Å². The zero-order chi connectivity index (χ0) is 19.1. The number of rotatable bonds is 3. The fourth-order valence-electron chi connectivity index (χ4n) is 6.88. The molecule has 1 N–H and O–H groups in total. The Hall–Kier alpha value is -1.86. The van der Waals surface area contributed by atoms with Gasteiger partial charge in [0.05, 0.1) is 6.61 Å². The molecule has 0 saturated heterocycles. The van der Waals surface area contributed by atoms with Crippen LogP contribution in [0.4, 0.5) is 0 Å². The molecule has 2 aromatic carbocycles. The minimum absolute atomic E-state index is 0.164. The summed E-state index contributed by atoms with van der Waals surface area (Å²) in [6.45, 7) is 2.75. The van der Waals surface area contributed by atoms with Crippen LogP contribution in [0.2, 0.25) is 0 Å². The van der Waals surface area contributed by atoms with Gasteiger partial charge in [0.2, 0.25) is 0 Å². The summed E-state index contributed by atoms with van der Waals surface area (Å²) in [5.74, 6) is 3.17. The Balaban J connectivity index is 1.38. The SMILES string of the molecule is C[C@]12CC[C@@H]3c4ccc(CO)cc4CC[C@H]3[C@@H]1CC[C@@H]2/C=C/c1ccccc1. The number of aliphatic hydroxyl groups excluding tert-OH is 1. The van der Waals surface area contributed by atoms with E-state index in [0.717, 1.165) is 29.2 Å². The van der Waals surface area contributed by atoms with Crippen molar-refractivity contribution in [3.8, 4) is 0 Å². The molecule has 2 fully saturated rings. The molecule has 2 aromatic rings. The Labute approximate surface area is 169 Å². The molecule has 28 heavy (non-hydrogen) atoms. The van der Waals surface area contributed by atoms with Crippen LogP contribution in [0.3, 0.4) is 0 Å². The van der Waals surface area contributed by atoms with Crippen molar-refractivity contribution < 1.29 is 5.11 Å². The minimum atomic E-state index is 0.164. The van der Waals surface area contributed by atoms with E-state index < -0.39 is 0 Å². The molecule has 0 amide bonds. The second kappa shape index (κ2) is 7.19. The van der Waals surface area contributed by atoms with Gasteiger partial charge in [0, 0.05) is 0 Å². The zero-order valence-corrected chi connectivity index (χ0v) is 17.0. The summed E-state index contributed by atoms with van der Waals surface area (Å²) in [5.41, 5.74) is 5.97. The molecule has 0 radical (unpaired) electrons. The highest BCUT2D eigenvalue weighted by Crippen LogP contribution is 2.63. The molecule has 3 aliphatic rings. The highest BCUT2D eigenvalue weighted by atomic mass is 16.3. The van der Waals surface area contributed by atoms with Gasteiger partial charge in [-0.3, -0.25) is 0 Å². The predicted molar refractivity (Wildman–Crippen MR) is 116 cm³/mol. The second-order valence-corrected chi connectivity index (χ2v) is 9.60. The smallest absolute Gasteiger partial charge is 0.0681 e. The van der Waals surface area contributed by atoms with E-state index in [1.54, 1.807) is 5.56 Å². The first-order valence-corrected chi connectivity index (χ1v) is 11.1. The molecule has 1 heteroatoms. The third kappa shape index (κ3) is 2.95. The molecule has 0 spiro atoms. The van der Waals surface area contributed by atoms with Gasteiger partial charge < -0.3 is 5.11 Å². The molecular formula is C27H32O. The number of aryl methyl sites for hydroxylation is 1. The number of hydrogen-bond acceptors (Lipinski definition) is 1. The van der Waals surface area contributed by atoms with Gasteiger partial charge in [0.1, 0.15) is 0 Å². The molecule has 5 rings (SSSR count). The Morgan fingerprint density at radius 2 is 1.89 bits per heavy atom. The summed E-state index contributed by atoms with van der Waals surface area (Å²) >= 11 is 0. The third-order valence-corrected chi connectivity index (χ3v) is 8.37. The molecule has 0 aromatic heterocycles. The lowest BCUT2D eigenvalue weighted by Gasteiger charge is -2.50. The van der Waals surface area contributed by atoms with Gasteiger partial charge in [0.15, 0.2) is 0 Å². The van der Waals surface area contributed by atoms with E-state index in [1.165, 1.54) is 49.7 Å². The van der Waals surface area contributed by atoms with Crippen molar-refractivity contribution in [3.05, 3.63) is 76.9 Å². The summed E-state index contributed by atoms with van der Waals surface area (Å²) in [4.78, 5) is 0. The van der Waals surface area contributed by atoms with Crippen molar-refractivity contribution in [2.24, 2.45) is 23.2 Å². The first-order valence-electron chi connectivity index (χ1n) is 11.1. The lowest BCUT2D eigenvalue weighted by molar-refractivity contribution is 0.0411. The fourth-order valence-corrected chi connectivity index (χ4v) is 6.88. The van der Waals surface area contributed by atoms with Gasteiger partial charge >= 0.3 is 0 Å². The van der Waals surface area contributed by atoms with Crippen molar-refractivity contribution in [1.82, 2.24) is 0 Å². The van der Waals surface area contributed by atoms with E-state index in [9.17, 15) is 5.11 Å². The van der Waals surface area contributed by atoms with E-state index >= 15 is 0 Å². The Morgan fingerprint density at radius 3 is 2.71 bits per heavy atom. The monoisotopic (exact) mass is 372 g/mol. The van der Waals surface area contributed by atoms with Crippen molar-refractivity contribution in [1.29, 1.82) is 0 Å². The maximum Gasteiger partial charge on any atom is 0.0681 e. The third-order valence-electron chi connectivity index (χ3n) is 8.37. The van der Waals surface area contributed by atoms with Crippen LogP contribution in [0.25, 0.3) is 6.08 Å². The second-order valence-electron chi connectivity index (χ2n) is 9.60. The quantitative estimate of drug-likeness (QED) is 0.664. The highest BCUT2D eigenvalue weighted by molar-refractivity contribution is 5.49. The molecule has 0 bridgehead atoms. The first kappa shape index (κ1) is 18.2. The van der Waals surface area contributed by atoms with Crippen LogP contribution in [0, 0.1) is 23.2 Å². The summed E-state index contributed by atoms with van der Waals surface area (Å²) in [7, 11) is 0. The maximum atomic E-state index is 9.48. The van der Waals surface area contributed by atoms with Crippen LogP contribution in [-0.2, 0) is 13.0 Å². The average molecular weight is 373 g/mol. The fraction of sp³-hybridized carbons (Fsp3) is 0.481. The predicted octanol–water partition coefficient (Wildman–Crippen LogP) is 6.36. The molecule has 0 heterocycles. The molecule has 0 unspecified atom stereocenters. The van der Waals surface area contributed by atoms with Crippen molar-refractivity contribution in [2.75, 3.05) is 0 Å². The first-order chi connectivity index (χ1) is 13.7. The van der Waals surface area contributed by atoms with Crippen LogP contribution >= 0.6 is 0 Å². The van der Waals surface area contributed by atoms with Gasteiger partial charge in [-0.05, 0) is 89.9 Å². The Bertz CT molecular complexity index is 867. The average Bonchev–Trinajstić information content (AvgIpc) is 3.08. The molecule has 146 valence electrons. The number of hydrogen-bond donors (Lipinski definition) is 1. The number of aliphatic hydroxyl groups is 1. The van der Waals surface area contributed by atoms with Gasteiger partial charge in [0.25, 0.3) is 0 Å². The van der Waals surface area contributed by atoms with Gasteiger partial charge in [-0.2, -0.15) is 0 Å². The van der Waals surface area contributed by atoms with E-state index in [4.69, 9.17) is 0 Å². The number of fused-ring (bicyclic) bond motifs is 5. The van der Waals surface area contributed by atoms with Gasteiger partial charge in [-0.1, -0.05) is 67.6 Å². The van der Waals surface area contributed by atoms with Crippen LogP contribution in [0.15, 0.2) is 54.6 Å². The number of allylic oxidation sites excluding steroid dienone is 1. The largest absolute Gasteiger partial charge is 0.392 e. The van der Waals surface area contributed by atoms with E-state index in [-0.39, 0.29) is 6.61 Å². The number of benzene rings is 2. The van der Waals surface area contributed by atoms with Crippen molar-refractivity contribution >= 4 is 6.08 Å². The molecule has 1 nitrogen and oxygen atoms in total. The maximum absolute atomic E-state index is 9.48. The molecule has 2 saturated carbocycles. The highest BCUT2D eigenvalue weighted by Gasteiger charge is 2.53. The van der Waals surface area contributed by atoms with E-state index in [1.807, 2.05) is 0 Å². The molecule has 0 aliphatic heterocycles. The van der Waals surface area contributed by atoms with E-state index in [0.29, 0.717) is 5.41 Å². The van der Waals surface area contributed by atoms with Crippen molar-refractivity contribution in [2.45, 2.75) is 58.0 Å². The standard InChI is InChI=1S/C27H32O/c1-27-16-15-24-23-12-8-20(18-28)17-21(23)9-13-25(24)26(27)14-11-22(27)10-7-19-5-3-2-4-6-19/h2-8,10,12,17,22,24-26,28H,9,11,13-16,18H2,1H3/b10-7+/t22-,24+,25+,26-,27+/m0/s1. The summed E-state index contributed by atoms with van der Waals surface area (Å²) < 4.78 is 0. The lowest BCUT2D eigenvalue weighted by atomic mass is 9.54. The van der Waals surface area contributed by atoms with Crippen LogP contribution < -0.4 is 0 Å². The normalized spacial score (nSPS) is 34.1. The summed E-state index contributed by atoms with van der Waals surface area (Å²) in [6, 6.07) is 17.5. The zero-order valence-electron chi connectivity index (χ0n) is 17.0. The lowest BCUT2D eigenvalue weighted by Crippen LogP contribution is -2.42. The molecule has 3 aliphatic carbocycles. The summed E-state index contributed by atoms with van der Waals surface area (Å²) in [6.07, 6.45) is 12.8. The Morgan fingerprint density at radius 1 is 1.04 bits per heavy atom. The minimum Gasteiger partial charge on any atom is -0.392 e. The van der Waals surface area contributed by atoms with Crippen LogP contribution in [0.5, 0.6) is 0 Å². The molecular weight excluding hydrogens is 340 g/mol. The van der Waals surface area contributed by atoms with Crippen molar-refractivity contribution in [3.63, 3.8) is 0 Å². The summed E-state index contributed by atoms with van der Waals surface area (Å²) in [5, 5.41) is 9.48. The Kier molecular flexibility index (Phi) is 4.67.